The van der Waals surface area contributed by atoms with E-state index in [1.807, 2.05) is 0 Å². The van der Waals surface area contributed by atoms with Crippen molar-refractivity contribution in [1.29, 1.82) is 0 Å². The van der Waals surface area contributed by atoms with Gasteiger partial charge in [-0.05, 0) is 0 Å². The van der Waals surface area contributed by atoms with Gasteiger partial charge in [-0.2, -0.15) is 0 Å². The second kappa shape index (κ2) is 14.3. The summed E-state index contributed by atoms with van der Waals surface area (Å²) in [4.78, 5) is 2.33. The Morgan fingerprint density at radius 2 is 1.18 bits per heavy atom. The summed E-state index contributed by atoms with van der Waals surface area (Å²) < 4.78 is 0.941. The number of hydrogen-bond donors (Lipinski definition) is 6. The maximum Gasteiger partial charge on any atom is 0.0917 e. The summed E-state index contributed by atoms with van der Waals surface area (Å²) >= 11 is 0. The third kappa shape index (κ3) is 9.65. The third-order valence-corrected chi connectivity index (χ3v) is 4.07. The minimum atomic E-state index is 0.659. The smallest absolute Gasteiger partial charge is 0.0917 e. The Bertz CT molecular complexity index is 227. The maximum atomic E-state index is 5.85. The van der Waals surface area contributed by atoms with Gasteiger partial charge in [-0.25, -0.2) is 0 Å². The second-order valence-electron chi connectivity index (χ2n) is 5.77. The van der Waals surface area contributed by atoms with Crippen LogP contribution in [0.3, 0.4) is 0 Å². The molecule has 0 saturated heterocycles. The Kier molecular flexibility index (Phi) is 14.1. The molecule has 22 heavy (non-hydrogen) atoms. The van der Waals surface area contributed by atoms with Crippen molar-refractivity contribution in [2.75, 3.05) is 91.6 Å². The first-order chi connectivity index (χ1) is 10.7. The minimum absolute atomic E-state index is 0.659. The zero-order valence-electron chi connectivity index (χ0n) is 14.2. The molecule has 0 fully saturated rings. The van der Waals surface area contributed by atoms with Crippen LogP contribution in [0.1, 0.15) is 0 Å². The van der Waals surface area contributed by atoms with Crippen molar-refractivity contribution >= 4 is 0 Å². The van der Waals surface area contributed by atoms with E-state index in [1.54, 1.807) is 0 Å². The molecule has 0 aromatic heterocycles. The molecule has 0 atom stereocenters. The Labute approximate surface area is 135 Å². The van der Waals surface area contributed by atoms with E-state index in [-0.39, 0.29) is 0 Å². The monoisotopic (exact) mass is 319 g/mol. The zero-order chi connectivity index (χ0) is 16.7. The van der Waals surface area contributed by atoms with Gasteiger partial charge in [0.15, 0.2) is 0 Å². The SMILES string of the molecule is NCCNCC[N+](CCN)(CCN)CCN(CCN)CCN. The lowest BCUT2D eigenvalue weighted by molar-refractivity contribution is -0.924. The molecule has 0 radical (unpaired) electrons. The average Bonchev–Trinajstić information content (AvgIpc) is 2.50. The van der Waals surface area contributed by atoms with E-state index >= 15 is 0 Å². The number of nitrogens with two attached hydrogens (primary N) is 5. The van der Waals surface area contributed by atoms with E-state index in [0.29, 0.717) is 32.7 Å². The highest BCUT2D eigenvalue weighted by atomic mass is 15.4. The van der Waals surface area contributed by atoms with Crippen LogP contribution in [0.5, 0.6) is 0 Å². The van der Waals surface area contributed by atoms with Crippen molar-refractivity contribution < 1.29 is 4.48 Å². The number of quaternary nitrogens is 1. The molecule has 8 nitrogen and oxygen atoms in total. The normalized spacial score (nSPS) is 12.3. The van der Waals surface area contributed by atoms with Crippen molar-refractivity contribution in [3.63, 3.8) is 0 Å². The Morgan fingerprint density at radius 1 is 0.591 bits per heavy atom. The molecule has 0 unspecified atom stereocenters. The molecule has 0 rings (SSSR count). The molecule has 0 spiro atoms. The number of rotatable bonds is 16. The van der Waals surface area contributed by atoms with Gasteiger partial charge in [-0.15, -0.1) is 0 Å². The quantitative estimate of drug-likeness (QED) is 0.128. The predicted octanol–water partition coefficient (Wildman–Crippen LogP) is -3.51. The molecule has 0 aliphatic heterocycles. The Balaban J connectivity index is 4.57. The van der Waals surface area contributed by atoms with Crippen LogP contribution in [-0.4, -0.2) is 101 Å². The molecule has 8 heteroatoms. The van der Waals surface area contributed by atoms with Crippen LogP contribution in [0.25, 0.3) is 0 Å². The summed E-state index contributed by atoms with van der Waals surface area (Å²) in [6.07, 6.45) is 0. The Morgan fingerprint density at radius 3 is 1.64 bits per heavy atom. The Hall–Kier alpha value is -0.320. The fraction of sp³-hybridized carbons (Fsp3) is 1.00. The molecule has 0 aliphatic rings. The van der Waals surface area contributed by atoms with Gasteiger partial charge in [0.2, 0.25) is 0 Å². The lowest BCUT2D eigenvalue weighted by Gasteiger charge is -2.40. The number of hydrogen-bond acceptors (Lipinski definition) is 7. The summed E-state index contributed by atoms with van der Waals surface area (Å²) in [5.41, 5.74) is 28.6. The maximum absolute atomic E-state index is 5.85. The first-order valence-electron chi connectivity index (χ1n) is 8.46. The van der Waals surface area contributed by atoms with Crippen LogP contribution >= 0.6 is 0 Å². The van der Waals surface area contributed by atoms with E-state index in [0.717, 1.165) is 63.4 Å². The highest BCUT2D eigenvalue weighted by molar-refractivity contribution is 4.61. The molecular weight excluding hydrogens is 280 g/mol. The predicted molar refractivity (Wildman–Crippen MR) is 94.3 cm³/mol. The van der Waals surface area contributed by atoms with Crippen molar-refractivity contribution in [2.24, 2.45) is 28.7 Å². The molecule has 0 aromatic carbocycles. The van der Waals surface area contributed by atoms with Crippen molar-refractivity contribution in [2.45, 2.75) is 0 Å². The van der Waals surface area contributed by atoms with Gasteiger partial charge >= 0.3 is 0 Å². The van der Waals surface area contributed by atoms with Gasteiger partial charge in [0, 0.05) is 65.4 Å². The minimum Gasteiger partial charge on any atom is -0.329 e. The fourth-order valence-corrected chi connectivity index (χ4v) is 2.82. The van der Waals surface area contributed by atoms with Crippen molar-refractivity contribution in [3.8, 4) is 0 Å². The summed E-state index contributed by atoms with van der Waals surface area (Å²) in [6, 6.07) is 0. The van der Waals surface area contributed by atoms with E-state index in [9.17, 15) is 0 Å². The highest BCUT2D eigenvalue weighted by Crippen LogP contribution is 2.06. The highest BCUT2D eigenvalue weighted by Gasteiger charge is 2.26. The van der Waals surface area contributed by atoms with E-state index in [1.165, 1.54) is 0 Å². The first-order valence-corrected chi connectivity index (χ1v) is 8.46. The largest absolute Gasteiger partial charge is 0.329 e. The van der Waals surface area contributed by atoms with Gasteiger partial charge in [0.1, 0.15) is 0 Å². The topological polar surface area (TPSA) is 145 Å². The molecule has 0 heterocycles. The standard InChI is InChI=1S/C14H39N8/c15-1-6-20-7-13-22(11-4-18,12-5-19)14-10-21(8-2-16)9-3-17/h20H,1-19H2/q+1. The van der Waals surface area contributed by atoms with E-state index in [2.05, 4.69) is 10.2 Å². The second-order valence-corrected chi connectivity index (χ2v) is 5.77. The van der Waals surface area contributed by atoms with Gasteiger partial charge < -0.3 is 38.5 Å². The van der Waals surface area contributed by atoms with Crippen LogP contribution in [0.2, 0.25) is 0 Å². The number of nitrogens with one attached hydrogen (secondary N) is 1. The third-order valence-electron chi connectivity index (χ3n) is 4.07. The molecular formula is C14H39N8+. The summed E-state index contributed by atoms with van der Waals surface area (Å²) in [5, 5.41) is 3.37. The van der Waals surface area contributed by atoms with Gasteiger partial charge in [-0.3, -0.25) is 4.90 Å². The number of nitrogens with zero attached hydrogens (tertiary/aromatic N) is 2. The molecule has 0 amide bonds. The van der Waals surface area contributed by atoms with Crippen LogP contribution in [-0.2, 0) is 0 Å². The molecule has 0 bridgehead atoms. The molecule has 134 valence electrons. The molecule has 0 saturated carbocycles. The van der Waals surface area contributed by atoms with Crippen LogP contribution in [0.4, 0.5) is 0 Å². The van der Waals surface area contributed by atoms with Gasteiger partial charge in [0.25, 0.3) is 0 Å². The van der Waals surface area contributed by atoms with Crippen molar-refractivity contribution in [1.82, 2.24) is 10.2 Å². The fourth-order valence-electron chi connectivity index (χ4n) is 2.82. The van der Waals surface area contributed by atoms with Gasteiger partial charge in [0.05, 0.1) is 26.2 Å². The lowest BCUT2D eigenvalue weighted by atomic mass is 10.2. The van der Waals surface area contributed by atoms with E-state index in [4.69, 9.17) is 28.7 Å². The summed E-state index contributed by atoms with van der Waals surface area (Å²) in [6.45, 7) is 11.8. The average molecular weight is 320 g/mol. The van der Waals surface area contributed by atoms with Gasteiger partial charge in [-0.1, -0.05) is 0 Å². The summed E-state index contributed by atoms with van der Waals surface area (Å²) in [7, 11) is 0. The van der Waals surface area contributed by atoms with E-state index < -0.39 is 0 Å². The first kappa shape index (κ1) is 21.7. The zero-order valence-corrected chi connectivity index (χ0v) is 14.2. The lowest BCUT2D eigenvalue weighted by Crippen LogP contribution is -2.59. The van der Waals surface area contributed by atoms with Crippen LogP contribution in [0, 0.1) is 0 Å². The van der Waals surface area contributed by atoms with Crippen LogP contribution < -0.4 is 34.0 Å². The van der Waals surface area contributed by atoms with Crippen molar-refractivity contribution in [3.05, 3.63) is 0 Å². The summed E-state index contributed by atoms with van der Waals surface area (Å²) in [5.74, 6) is 0. The van der Waals surface area contributed by atoms with Crippen LogP contribution in [0.15, 0.2) is 0 Å². The molecule has 11 N–H and O–H groups in total. The molecule has 0 aromatic rings. The molecule has 0 aliphatic carbocycles.